The van der Waals surface area contributed by atoms with Gasteiger partial charge in [-0.15, -0.1) is 0 Å². The second-order valence-electron chi connectivity index (χ2n) is 4.12. The molecule has 1 aliphatic rings. The van der Waals surface area contributed by atoms with Crippen LogP contribution < -0.4 is 10.2 Å². The number of rotatable bonds is 5. The van der Waals surface area contributed by atoms with Gasteiger partial charge in [-0.1, -0.05) is 6.07 Å². The molecule has 1 saturated heterocycles. The van der Waals surface area contributed by atoms with Crippen molar-refractivity contribution in [2.75, 3.05) is 31.1 Å². The summed E-state index contributed by atoms with van der Waals surface area (Å²) in [5, 5.41) is 11.8. The number of aliphatic hydroxyl groups is 1. The molecule has 0 atom stereocenters. The molecule has 0 saturated carbocycles. The number of aliphatic hydroxyl groups excluding tert-OH is 1. The van der Waals surface area contributed by atoms with E-state index in [1.165, 1.54) is 12.8 Å². The van der Waals surface area contributed by atoms with Gasteiger partial charge in [0.05, 0.1) is 6.61 Å². The number of pyridine rings is 1. The van der Waals surface area contributed by atoms with Crippen molar-refractivity contribution in [3.05, 3.63) is 23.9 Å². The molecular weight excluding hydrogens is 202 g/mol. The third-order valence-electron chi connectivity index (χ3n) is 2.86. The number of nitrogens with one attached hydrogen (secondary N) is 1. The highest BCUT2D eigenvalue weighted by Crippen LogP contribution is 2.17. The van der Waals surface area contributed by atoms with E-state index in [1.54, 1.807) is 0 Å². The Labute approximate surface area is 96.3 Å². The zero-order valence-corrected chi connectivity index (χ0v) is 9.52. The summed E-state index contributed by atoms with van der Waals surface area (Å²) in [6, 6.07) is 4.19. The van der Waals surface area contributed by atoms with E-state index in [4.69, 9.17) is 5.11 Å². The van der Waals surface area contributed by atoms with Gasteiger partial charge in [-0.25, -0.2) is 4.98 Å². The van der Waals surface area contributed by atoms with Crippen molar-refractivity contribution in [2.24, 2.45) is 0 Å². The highest BCUT2D eigenvalue weighted by Gasteiger charge is 2.12. The zero-order valence-electron chi connectivity index (χ0n) is 9.52. The predicted molar refractivity (Wildman–Crippen MR) is 64.5 cm³/mol. The van der Waals surface area contributed by atoms with E-state index in [2.05, 4.69) is 27.3 Å². The van der Waals surface area contributed by atoms with Crippen LogP contribution in [-0.4, -0.2) is 36.3 Å². The van der Waals surface area contributed by atoms with Crippen LogP contribution in [0.25, 0.3) is 0 Å². The maximum Gasteiger partial charge on any atom is 0.128 e. The first-order chi connectivity index (χ1) is 7.90. The number of anilines is 1. The van der Waals surface area contributed by atoms with Crippen LogP contribution >= 0.6 is 0 Å². The third kappa shape index (κ3) is 2.93. The molecule has 0 aromatic carbocycles. The SMILES string of the molecule is OCCNCc1ccc(N2CCCC2)nc1. The van der Waals surface area contributed by atoms with Crippen LogP contribution in [0, 0.1) is 0 Å². The van der Waals surface area contributed by atoms with Crippen molar-refractivity contribution < 1.29 is 5.11 Å². The van der Waals surface area contributed by atoms with E-state index in [1.807, 2.05) is 6.20 Å². The molecule has 0 bridgehead atoms. The van der Waals surface area contributed by atoms with Gasteiger partial charge in [-0.3, -0.25) is 0 Å². The average molecular weight is 221 g/mol. The molecule has 2 rings (SSSR count). The predicted octanol–water partition coefficient (Wildman–Crippen LogP) is 0.764. The van der Waals surface area contributed by atoms with Crippen molar-refractivity contribution >= 4 is 5.82 Å². The molecule has 2 heterocycles. The average Bonchev–Trinajstić information content (AvgIpc) is 2.84. The normalized spacial score (nSPS) is 15.7. The van der Waals surface area contributed by atoms with Gasteiger partial charge in [0.1, 0.15) is 5.82 Å². The Kier molecular flexibility index (Phi) is 4.13. The molecule has 1 aromatic rings. The molecule has 1 aliphatic heterocycles. The van der Waals surface area contributed by atoms with E-state index >= 15 is 0 Å². The summed E-state index contributed by atoms with van der Waals surface area (Å²) in [6.45, 7) is 3.85. The lowest BCUT2D eigenvalue weighted by molar-refractivity contribution is 0.292. The first kappa shape index (κ1) is 11.4. The van der Waals surface area contributed by atoms with Gasteiger partial charge in [0.25, 0.3) is 0 Å². The minimum atomic E-state index is 0.180. The maximum atomic E-state index is 8.65. The van der Waals surface area contributed by atoms with E-state index in [9.17, 15) is 0 Å². The second kappa shape index (κ2) is 5.82. The van der Waals surface area contributed by atoms with Gasteiger partial charge in [-0.05, 0) is 24.5 Å². The van der Waals surface area contributed by atoms with Gasteiger partial charge in [0.2, 0.25) is 0 Å². The number of hydrogen-bond donors (Lipinski definition) is 2. The molecular formula is C12H19N3O. The standard InChI is InChI=1S/C12H19N3O/c16-8-5-13-9-11-3-4-12(14-10-11)15-6-1-2-7-15/h3-4,10,13,16H,1-2,5-9H2. The molecule has 4 nitrogen and oxygen atoms in total. The molecule has 88 valence electrons. The minimum absolute atomic E-state index is 0.180. The fraction of sp³-hybridized carbons (Fsp3) is 0.583. The van der Waals surface area contributed by atoms with E-state index in [0.29, 0.717) is 6.54 Å². The van der Waals surface area contributed by atoms with Crippen LogP contribution in [0.1, 0.15) is 18.4 Å². The van der Waals surface area contributed by atoms with Crippen LogP contribution in [0.2, 0.25) is 0 Å². The molecule has 0 unspecified atom stereocenters. The zero-order chi connectivity index (χ0) is 11.2. The van der Waals surface area contributed by atoms with E-state index in [-0.39, 0.29) is 6.61 Å². The Morgan fingerprint density at radius 1 is 1.31 bits per heavy atom. The molecule has 16 heavy (non-hydrogen) atoms. The largest absolute Gasteiger partial charge is 0.395 e. The quantitative estimate of drug-likeness (QED) is 0.721. The lowest BCUT2D eigenvalue weighted by atomic mass is 10.3. The highest BCUT2D eigenvalue weighted by molar-refractivity contribution is 5.40. The number of aromatic nitrogens is 1. The second-order valence-corrected chi connectivity index (χ2v) is 4.12. The molecule has 0 radical (unpaired) electrons. The lowest BCUT2D eigenvalue weighted by Crippen LogP contribution is -2.20. The Morgan fingerprint density at radius 3 is 2.75 bits per heavy atom. The van der Waals surface area contributed by atoms with Gasteiger partial charge in [0, 0.05) is 32.4 Å². The van der Waals surface area contributed by atoms with E-state index in [0.717, 1.165) is 31.0 Å². The van der Waals surface area contributed by atoms with Crippen LogP contribution in [-0.2, 0) is 6.54 Å². The molecule has 0 spiro atoms. The summed E-state index contributed by atoms with van der Waals surface area (Å²) < 4.78 is 0. The summed E-state index contributed by atoms with van der Waals surface area (Å²) in [4.78, 5) is 6.79. The van der Waals surface area contributed by atoms with Crippen LogP contribution in [0.4, 0.5) is 5.82 Å². The van der Waals surface area contributed by atoms with Gasteiger partial charge < -0.3 is 15.3 Å². The Morgan fingerprint density at radius 2 is 2.12 bits per heavy atom. The minimum Gasteiger partial charge on any atom is -0.395 e. The smallest absolute Gasteiger partial charge is 0.128 e. The van der Waals surface area contributed by atoms with Crippen molar-refractivity contribution in [2.45, 2.75) is 19.4 Å². The van der Waals surface area contributed by atoms with E-state index < -0.39 is 0 Å². The van der Waals surface area contributed by atoms with Gasteiger partial charge in [0.15, 0.2) is 0 Å². The fourth-order valence-electron chi connectivity index (χ4n) is 1.97. The van der Waals surface area contributed by atoms with Crippen molar-refractivity contribution in [1.29, 1.82) is 0 Å². The Bertz CT molecular complexity index is 307. The molecule has 0 amide bonds. The Balaban J connectivity index is 1.88. The van der Waals surface area contributed by atoms with Crippen molar-refractivity contribution in [1.82, 2.24) is 10.3 Å². The summed E-state index contributed by atoms with van der Waals surface area (Å²) in [5.74, 6) is 1.09. The van der Waals surface area contributed by atoms with Crippen LogP contribution in [0.3, 0.4) is 0 Å². The summed E-state index contributed by atoms with van der Waals surface area (Å²) in [6.07, 6.45) is 4.47. The fourth-order valence-corrected chi connectivity index (χ4v) is 1.97. The maximum absolute atomic E-state index is 8.65. The van der Waals surface area contributed by atoms with Crippen LogP contribution in [0.5, 0.6) is 0 Å². The molecule has 0 aliphatic carbocycles. The molecule has 4 heteroatoms. The number of hydrogen-bond acceptors (Lipinski definition) is 4. The van der Waals surface area contributed by atoms with Gasteiger partial charge >= 0.3 is 0 Å². The summed E-state index contributed by atoms with van der Waals surface area (Å²) >= 11 is 0. The Hall–Kier alpha value is -1.13. The topological polar surface area (TPSA) is 48.4 Å². The van der Waals surface area contributed by atoms with Gasteiger partial charge in [-0.2, -0.15) is 0 Å². The molecule has 1 fully saturated rings. The first-order valence-electron chi connectivity index (χ1n) is 5.91. The summed E-state index contributed by atoms with van der Waals surface area (Å²) in [7, 11) is 0. The first-order valence-corrected chi connectivity index (χ1v) is 5.91. The van der Waals surface area contributed by atoms with Crippen LogP contribution in [0.15, 0.2) is 18.3 Å². The molecule has 2 N–H and O–H groups in total. The third-order valence-corrected chi connectivity index (χ3v) is 2.86. The monoisotopic (exact) mass is 221 g/mol. The van der Waals surface area contributed by atoms with Crippen molar-refractivity contribution in [3.8, 4) is 0 Å². The highest BCUT2D eigenvalue weighted by atomic mass is 16.3. The van der Waals surface area contributed by atoms with Crippen molar-refractivity contribution in [3.63, 3.8) is 0 Å². The molecule has 1 aromatic heterocycles. The summed E-state index contributed by atoms with van der Waals surface area (Å²) in [5.41, 5.74) is 1.16. The number of nitrogens with zero attached hydrogens (tertiary/aromatic N) is 2. The lowest BCUT2D eigenvalue weighted by Gasteiger charge is -2.16.